The summed E-state index contributed by atoms with van der Waals surface area (Å²) in [5, 5.41) is 4.12. The van der Waals surface area contributed by atoms with Gasteiger partial charge in [0.1, 0.15) is 5.75 Å². The van der Waals surface area contributed by atoms with Gasteiger partial charge in [0.2, 0.25) is 5.91 Å². The number of hydrogen-bond donors (Lipinski definition) is 1. The molecule has 0 radical (unpaired) electrons. The van der Waals surface area contributed by atoms with Crippen LogP contribution in [0.5, 0.6) is 5.75 Å². The Morgan fingerprint density at radius 2 is 1.65 bits per heavy atom. The fourth-order valence-corrected chi connectivity index (χ4v) is 5.02. The van der Waals surface area contributed by atoms with E-state index in [0.29, 0.717) is 23.6 Å². The highest BCUT2D eigenvalue weighted by Crippen LogP contribution is 2.45. The second kappa shape index (κ2) is 8.71. The predicted octanol–water partition coefficient (Wildman–Crippen LogP) is 5.13. The summed E-state index contributed by atoms with van der Waals surface area (Å²) in [7, 11) is 3.76. The topological polar surface area (TPSA) is 63.6 Å². The lowest BCUT2D eigenvalue weighted by atomic mass is 9.79. The first-order valence-electron chi connectivity index (χ1n) is 11.4. The summed E-state index contributed by atoms with van der Waals surface area (Å²) in [6.45, 7) is 2.40. The molecule has 1 aliphatic rings. The molecule has 0 saturated carbocycles. The van der Waals surface area contributed by atoms with Gasteiger partial charge in [-0.1, -0.05) is 48.5 Å². The van der Waals surface area contributed by atoms with Crippen molar-refractivity contribution < 1.29 is 14.3 Å². The number of benzene rings is 3. The third-order valence-corrected chi connectivity index (χ3v) is 6.55. The van der Waals surface area contributed by atoms with Crippen LogP contribution in [0, 0.1) is 0 Å². The van der Waals surface area contributed by atoms with Gasteiger partial charge in [0.05, 0.1) is 24.3 Å². The minimum Gasteiger partial charge on any atom is -0.492 e. The van der Waals surface area contributed by atoms with Crippen molar-refractivity contribution in [1.29, 1.82) is 0 Å². The number of hydrogen-bond acceptors (Lipinski definition) is 3. The zero-order chi connectivity index (χ0) is 23.8. The van der Waals surface area contributed by atoms with Crippen molar-refractivity contribution in [3.8, 4) is 5.75 Å². The largest absolute Gasteiger partial charge is 0.492 e. The van der Waals surface area contributed by atoms with Gasteiger partial charge in [-0.15, -0.1) is 0 Å². The summed E-state index contributed by atoms with van der Waals surface area (Å²) in [5.74, 6) is -0.253. The minimum atomic E-state index is -0.598. The fourth-order valence-electron chi connectivity index (χ4n) is 5.02. The Kier molecular flexibility index (Phi) is 5.57. The van der Waals surface area contributed by atoms with Gasteiger partial charge in [-0.2, -0.15) is 0 Å². The van der Waals surface area contributed by atoms with Gasteiger partial charge in [-0.05, 0) is 36.8 Å². The SMILES string of the molecule is CCOc1ccccc1NC(=O)[C@H]1c2ccccc2C(=O)N(C)[C@H]1c1cn(C)c2ccccc12. The van der Waals surface area contributed by atoms with Crippen LogP contribution in [0.2, 0.25) is 0 Å². The number of ether oxygens (including phenoxy) is 1. The second-order valence-electron chi connectivity index (χ2n) is 8.56. The summed E-state index contributed by atoms with van der Waals surface area (Å²) in [6.07, 6.45) is 2.03. The van der Waals surface area contributed by atoms with Crippen molar-refractivity contribution in [3.63, 3.8) is 0 Å². The molecule has 0 bridgehead atoms. The number of carbonyl (C=O) groups is 2. The lowest BCUT2D eigenvalue weighted by Gasteiger charge is -2.39. The molecule has 0 unspecified atom stereocenters. The average Bonchev–Trinajstić information content (AvgIpc) is 3.18. The number of anilines is 1. The maximum Gasteiger partial charge on any atom is 0.254 e. The number of carbonyl (C=O) groups excluding carboxylic acids is 2. The van der Waals surface area contributed by atoms with E-state index in [2.05, 4.69) is 5.32 Å². The van der Waals surface area contributed by atoms with Crippen LogP contribution in [0.3, 0.4) is 0 Å². The number of rotatable bonds is 5. The van der Waals surface area contributed by atoms with Gasteiger partial charge in [-0.3, -0.25) is 9.59 Å². The average molecular weight is 454 g/mol. The molecule has 1 aliphatic heterocycles. The number of fused-ring (bicyclic) bond motifs is 2. The van der Waals surface area contributed by atoms with E-state index in [1.165, 1.54) is 0 Å². The first kappa shape index (κ1) is 21.8. The molecule has 172 valence electrons. The molecule has 2 atom stereocenters. The van der Waals surface area contributed by atoms with E-state index >= 15 is 0 Å². The molecule has 6 nitrogen and oxygen atoms in total. The quantitative estimate of drug-likeness (QED) is 0.456. The summed E-state index contributed by atoms with van der Waals surface area (Å²) in [4.78, 5) is 29.0. The summed E-state index contributed by atoms with van der Waals surface area (Å²) in [5.41, 5.74) is 3.90. The molecule has 0 fully saturated rings. The Bertz CT molecular complexity index is 1390. The molecule has 0 spiro atoms. The maximum atomic E-state index is 14.0. The van der Waals surface area contributed by atoms with E-state index in [-0.39, 0.29) is 11.8 Å². The van der Waals surface area contributed by atoms with Crippen molar-refractivity contribution in [1.82, 2.24) is 9.47 Å². The molecule has 34 heavy (non-hydrogen) atoms. The molecule has 1 N–H and O–H groups in total. The summed E-state index contributed by atoms with van der Waals surface area (Å²) < 4.78 is 7.77. The highest BCUT2D eigenvalue weighted by Gasteiger charge is 2.43. The summed E-state index contributed by atoms with van der Waals surface area (Å²) >= 11 is 0. The predicted molar refractivity (Wildman–Crippen MR) is 133 cm³/mol. The number of aromatic nitrogens is 1. The van der Waals surface area contributed by atoms with Gasteiger partial charge in [0, 0.05) is 42.3 Å². The van der Waals surface area contributed by atoms with Gasteiger partial charge < -0.3 is 19.5 Å². The monoisotopic (exact) mass is 453 g/mol. The van der Waals surface area contributed by atoms with Gasteiger partial charge in [0.25, 0.3) is 5.91 Å². The zero-order valence-electron chi connectivity index (χ0n) is 19.5. The number of amides is 2. The Labute approximate surface area is 198 Å². The van der Waals surface area contributed by atoms with Crippen LogP contribution in [0.25, 0.3) is 10.9 Å². The van der Waals surface area contributed by atoms with Crippen LogP contribution >= 0.6 is 0 Å². The van der Waals surface area contributed by atoms with Crippen LogP contribution in [0.1, 0.15) is 40.4 Å². The Morgan fingerprint density at radius 1 is 0.941 bits per heavy atom. The Morgan fingerprint density at radius 3 is 2.47 bits per heavy atom. The smallest absolute Gasteiger partial charge is 0.254 e. The first-order valence-corrected chi connectivity index (χ1v) is 11.4. The lowest BCUT2D eigenvalue weighted by Crippen LogP contribution is -2.44. The normalized spacial score (nSPS) is 17.5. The zero-order valence-corrected chi connectivity index (χ0v) is 19.5. The number of nitrogens with zero attached hydrogens (tertiary/aromatic N) is 2. The molecule has 4 aromatic rings. The third-order valence-electron chi connectivity index (χ3n) is 6.55. The highest BCUT2D eigenvalue weighted by atomic mass is 16.5. The van der Waals surface area contributed by atoms with Gasteiger partial charge >= 0.3 is 0 Å². The minimum absolute atomic E-state index is 0.0905. The summed E-state index contributed by atoms with van der Waals surface area (Å²) in [6, 6.07) is 22.4. The van der Waals surface area contributed by atoms with Crippen LogP contribution in [0.15, 0.2) is 79.0 Å². The van der Waals surface area contributed by atoms with E-state index < -0.39 is 12.0 Å². The van der Waals surface area contributed by atoms with Crippen molar-refractivity contribution in [2.24, 2.45) is 7.05 Å². The van der Waals surface area contributed by atoms with Crippen molar-refractivity contribution in [2.45, 2.75) is 18.9 Å². The van der Waals surface area contributed by atoms with Crippen LogP contribution < -0.4 is 10.1 Å². The Hall–Kier alpha value is -4.06. The van der Waals surface area contributed by atoms with Crippen molar-refractivity contribution in [3.05, 3.63) is 95.7 Å². The van der Waals surface area contributed by atoms with E-state index in [4.69, 9.17) is 4.74 Å². The van der Waals surface area contributed by atoms with Gasteiger partial charge in [-0.25, -0.2) is 0 Å². The van der Waals surface area contributed by atoms with E-state index in [9.17, 15) is 9.59 Å². The van der Waals surface area contributed by atoms with Crippen LogP contribution in [-0.4, -0.2) is 34.9 Å². The first-order chi connectivity index (χ1) is 16.5. The number of likely N-dealkylation sites (N-methyl/N-ethyl adjacent to an activating group) is 1. The molecule has 2 amide bonds. The molecule has 1 aromatic heterocycles. The molecule has 3 aromatic carbocycles. The van der Waals surface area contributed by atoms with E-state index in [0.717, 1.165) is 22.0 Å². The number of para-hydroxylation sites is 3. The van der Waals surface area contributed by atoms with Gasteiger partial charge in [0.15, 0.2) is 0 Å². The molecule has 6 heteroatoms. The standard InChI is InChI=1S/C28H27N3O3/c1-4-34-24-16-10-8-14-22(24)29-27(32)25-19-12-5-6-13-20(19)28(33)31(3)26(25)21-17-30(2)23-15-9-7-11-18(21)23/h5-17,25-26H,4H2,1-3H3,(H,29,32)/t25-,26-/m0/s1. The number of nitrogens with one attached hydrogen (secondary N) is 1. The molecule has 5 rings (SSSR count). The maximum absolute atomic E-state index is 14.0. The third kappa shape index (κ3) is 3.52. The fraction of sp³-hybridized carbons (Fsp3) is 0.214. The van der Waals surface area contributed by atoms with Crippen molar-refractivity contribution in [2.75, 3.05) is 19.0 Å². The molecule has 2 heterocycles. The highest BCUT2D eigenvalue weighted by molar-refractivity contribution is 6.05. The van der Waals surface area contributed by atoms with E-state index in [1.807, 2.05) is 91.5 Å². The second-order valence-corrected chi connectivity index (χ2v) is 8.56. The van der Waals surface area contributed by atoms with Crippen LogP contribution in [0.4, 0.5) is 5.69 Å². The van der Waals surface area contributed by atoms with Crippen molar-refractivity contribution >= 4 is 28.4 Å². The van der Waals surface area contributed by atoms with E-state index in [1.54, 1.807) is 18.0 Å². The van der Waals surface area contributed by atoms with Crippen LogP contribution in [-0.2, 0) is 11.8 Å². The molecular formula is C28H27N3O3. The molecule has 0 saturated heterocycles. The Balaban J connectivity index is 1.66. The lowest BCUT2D eigenvalue weighted by molar-refractivity contribution is -0.119. The molecule has 0 aliphatic carbocycles. The number of aryl methyl sites for hydroxylation is 1. The molecular weight excluding hydrogens is 426 g/mol.